The summed E-state index contributed by atoms with van der Waals surface area (Å²) >= 11 is 1.99. The number of nitrogens with one attached hydrogen (secondary N) is 2. The van der Waals surface area contributed by atoms with Gasteiger partial charge in [0.05, 0.1) is 0 Å². The molecule has 0 bridgehead atoms. The molecule has 1 fully saturated rings. The summed E-state index contributed by atoms with van der Waals surface area (Å²) in [4.78, 5) is 9.03. The zero-order valence-corrected chi connectivity index (χ0v) is 14.1. The average molecular weight is 309 g/mol. The fourth-order valence-corrected chi connectivity index (χ4v) is 3.84. The standard InChI is InChI=1S/C15H27N5S/c1-4-12-18-13(11(2)14(19-12)20-16)17-10-15(21-3)8-6-5-7-9-15/h4-10,16H2,1-3H3,(H2,17,18,19,20). The molecule has 4 N–H and O–H groups in total. The van der Waals surface area contributed by atoms with Crippen LogP contribution in [0.3, 0.4) is 0 Å². The number of nitrogens with zero attached hydrogens (tertiary/aromatic N) is 2. The van der Waals surface area contributed by atoms with E-state index in [1.54, 1.807) is 0 Å². The summed E-state index contributed by atoms with van der Waals surface area (Å²) in [5.41, 5.74) is 3.66. The lowest BCUT2D eigenvalue weighted by atomic mass is 9.88. The Morgan fingerprint density at radius 2 is 1.86 bits per heavy atom. The van der Waals surface area contributed by atoms with Gasteiger partial charge in [-0.05, 0) is 26.0 Å². The molecule has 6 heteroatoms. The summed E-state index contributed by atoms with van der Waals surface area (Å²) < 4.78 is 0.346. The molecule has 0 atom stereocenters. The van der Waals surface area contributed by atoms with Gasteiger partial charge < -0.3 is 10.7 Å². The summed E-state index contributed by atoms with van der Waals surface area (Å²) in [5.74, 6) is 8.00. The SMILES string of the molecule is CCc1nc(NN)c(C)c(NCC2(SC)CCCCC2)n1. The van der Waals surface area contributed by atoms with Gasteiger partial charge in [-0.2, -0.15) is 11.8 Å². The Labute approximate surface area is 131 Å². The maximum atomic E-state index is 5.56. The highest BCUT2D eigenvalue weighted by molar-refractivity contribution is 8.00. The van der Waals surface area contributed by atoms with Gasteiger partial charge in [-0.15, -0.1) is 0 Å². The van der Waals surface area contributed by atoms with E-state index in [0.717, 1.165) is 30.2 Å². The topological polar surface area (TPSA) is 75.9 Å². The van der Waals surface area contributed by atoms with Gasteiger partial charge in [-0.3, -0.25) is 0 Å². The Morgan fingerprint density at radius 3 is 2.43 bits per heavy atom. The first-order chi connectivity index (χ1) is 10.1. The van der Waals surface area contributed by atoms with Gasteiger partial charge in [0.15, 0.2) is 0 Å². The maximum Gasteiger partial charge on any atom is 0.148 e. The third-order valence-corrected chi connectivity index (χ3v) is 5.84. The van der Waals surface area contributed by atoms with Crippen molar-refractivity contribution < 1.29 is 0 Å². The van der Waals surface area contributed by atoms with Gasteiger partial charge in [-0.25, -0.2) is 15.8 Å². The molecule has 1 aliphatic rings. The molecular weight excluding hydrogens is 282 g/mol. The number of anilines is 2. The lowest BCUT2D eigenvalue weighted by Gasteiger charge is -2.36. The second kappa shape index (κ2) is 7.31. The van der Waals surface area contributed by atoms with Crippen molar-refractivity contribution in [2.45, 2.75) is 57.1 Å². The van der Waals surface area contributed by atoms with Crippen LogP contribution in [0.25, 0.3) is 0 Å². The Bertz CT molecular complexity index is 471. The summed E-state index contributed by atoms with van der Waals surface area (Å²) in [6.07, 6.45) is 9.64. The molecule has 0 spiro atoms. The number of nitrogen functional groups attached to an aromatic ring is 1. The Balaban J connectivity index is 2.14. The van der Waals surface area contributed by atoms with E-state index in [2.05, 4.69) is 33.9 Å². The molecule has 1 heterocycles. The quantitative estimate of drug-likeness (QED) is 0.554. The minimum Gasteiger partial charge on any atom is -0.368 e. The second-order valence-corrected chi connectivity index (χ2v) is 7.04. The molecule has 0 amide bonds. The predicted molar refractivity (Wildman–Crippen MR) is 91.8 cm³/mol. The van der Waals surface area contributed by atoms with E-state index in [9.17, 15) is 0 Å². The molecule has 1 aromatic heterocycles. The number of hydrogen-bond acceptors (Lipinski definition) is 6. The molecule has 5 nitrogen and oxygen atoms in total. The van der Waals surface area contributed by atoms with Gasteiger partial charge >= 0.3 is 0 Å². The van der Waals surface area contributed by atoms with Crippen molar-refractivity contribution in [1.29, 1.82) is 0 Å². The van der Waals surface area contributed by atoms with E-state index >= 15 is 0 Å². The first-order valence-electron chi connectivity index (χ1n) is 7.77. The fourth-order valence-electron chi connectivity index (χ4n) is 2.93. The highest BCUT2D eigenvalue weighted by atomic mass is 32.2. The summed E-state index contributed by atoms with van der Waals surface area (Å²) in [6.45, 7) is 5.02. The van der Waals surface area contributed by atoms with Crippen LogP contribution in [0.2, 0.25) is 0 Å². The number of aromatic nitrogens is 2. The molecule has 0 radical (unpaired) electrons. The molecule has 1 aromatic rings. The molecule has 118 valence electrons. The number of nitrogens with two attached hydrogens (primary N) is 1. The van der Waals surface area contributed by atoms with Crippen LogP contribution >= 0.6 is 11.8 Å². The van der Waals surface area contributed by atoms with Crippen molar-refractivity contribution in [3.05, 3.63) is 11.4 Å². The van der Waals surface area contributed by atoms with Crippen molar-refractivity contribution in [2.75, 3.05) is 23.5 Å². The van der Waals surface area contributed by atoms with Gasteiger partial charge in [0.2, 0.25) is 0 Å². The molecule has 0 aliphatic heterocycles. The van der Waals surface area contributed by atoms with Gasteiger partial charge in [0, 0.05) is 23.3 Å². The number of thioether (sulfide) groups is 1. The van der Waals surface area contributed by atoms with Gasteiger partial charge in [0.25, 0.3) is 0 Å². The van der Waals surface area contributed by atoms with Crippen LogP contribution in [0.5, 0.6) is 0 Å². The lowest BCUT2D eigenvalue weighted by Crippen LogP contribution is -2.36. The zero-order valence-electron chi connectivity index (χ0n) is 13.3. The Hall–Kier alpha value is -1.01. The highest BCUT2D eigenvalue weighted by Gasteiger charge is 2.31. The van der Waals surface area contributed by atoms with Crippen molar-refractivity contribution >= 4 is 23.4 Å². The van der Waals surface area contributed by atoms with Gasteiger partial charge in [0.1, 0.15) is 17.5 Å². The smallest absolute Gasteiger partial charge is 0.148 e. The minimum atomic E-state index is 0.346. The van der Waals surface area contributed by atoms with Crippen LogP contribution in [-0.2, 0) is 6.42 Å². The highest BCUT2D eigenvalue weighted by Crippen LogP contribution is 2.38. The lowest BCUT2D eigenvalue weighted by molar-refractivity contribution is 0.411. The molecule has 1 saturated carbocycles. The molecule has 2 rings (SSSR count). The Kier molecular flexibility index (Phi) is 5.70. The van der Waals surface area contributed by atoms with Crippen molar-refractivity contribution in [3.8, 4) is 0 Å². The molecule has 0 aromatic carbocycles. The van der Waals surface area contributed by atoms with Crippen molar-refractivity contribution in [3.63, 3.8) is 0 Å². The average Bonchev–Trinajstić information content (AvgIpc) is 2.54. The number of hydrogen-bond donors (Lipinski definition) is 3. The largest absolute Gasteiger partial charge is 0.368 e. The molecule has 0 saturated heterocycles. The van der Waals surface area contributed by atoms with E-state index in [-0.39, 0.29) is 0 Å². The monoisotopic (exact) mass is 309 g/mol. The van der Waals surface area contributed by atoms with Crippen LogP contribution < -0.4 is 16.6 Å². The van der Waals surface area contributed by atoms with E-state index in [1.165, 1.54) is 32.1 Å². The van der Waals surface area contributed by atoms with Gasteiger partial charge in [-0.1, -0.05) is 26.2 Å². The number of aryl methyl sites for hydroxylation is 1. The molecule has 21 heavy (non-hydrogen) atoms. The first-order valence-corrected chi connectivity index (χ1v) is 9.00. The normalized spacial score (nSPS) is 17.5. The van der Waals surface area contributed by atoms with Crippen molar-refractivity contribution in [1.82, 2.24) is 9.97 Å². The van der Waals surface area contributed by atoms with Crippen LogP contribution in [0.1, 0.15) is 50.4 Å². The van der Waals surface area contributed by atoms with Crippen LogP contribution in [-0.4, -0.2) is 27.5 Å². The van der Waals surface area contributed by atoms with E-state index in [4.69, 9.17) is 5.84 Å². The third-order valence-electron chi connectivity index (χ3n) is 4.42. The molecule has 0 unspecified atom stereocenters. The molecular formula is C15H27N5S. The van der Waals surface area contributed by atoms with E-state index in [1.807, 2.05) is 18.7 Å². The third kappa shape index (κ3) is 3.80. The summed E-state index contributed by atoms with van der Waals surface area (Å²) in [5, 5.41) is 3.56. The van der Waals surface area contributed by atoms with Crippen LogP contribution in [0.15, 0.2) is 0 Å². The molecule has 1 aliphatic carbocycles. The van der Waals surface area contributed by atoms with Crippen molar-refractivity contribution in [2.24, 2.45) is 5.84 Å². The fraction of sp³-hybridized carbons (Fsp3) is 0.733. The number of hydrazine groups is 1. The Morgan fingerprint density at radius 1 is 1.19 bits per heavy atom. The predicted octanol–water partition coefficient (Wildman–Crippen LogP) is 3.11. The minimum absolute atomic E-state index is 0.346. The zero-order chi connectivity index (χ0) is 15.3. The summed E-state index contributed by atoms with van der Waals surface area (Å²) in [6, 6.07) is 0. The maximum absolute atomic E-state index is 5.56. The van der Waals surface area contributed by atoms with Crippen LogP contribution in [0.4, 0.5) is 11.6 Å². The number of rotatable bonds is 6. The van der Waals surface area contributed by atoms with E-state index in [0.29, 0.717) is 10.6 Å². The summed E-state index contributed by atoms with van der Waals surface area (Å²) in [7, 11) is 0. The van der Waals surface area contributed by atoms with E-state index < -0.39 is 0 Å². The van der Waals surface area contributed by atoms with Crippen LogP contribution in [0, 0.1) is 6.92 Å². The second-order valence-electron chi connectivity index (χ2n) is 5.76. The first kappa shape index (κ1) is 16.4.